The number of carbonyl (C=O) groups is 2. The number of hydrogen-bond acceptors (Lipinski definition) is 2. The maximum Gasteiger partial charge on any atom is 0.305 e. The smallest absolute Gasteiger partial charge is 0.305 e. The van der Waals surface area contributed by atoms with Crippen LogP contribution >= 0.6 is 0 Å². The van der Waals surface area contributed by atoms with Crippen molar-refractivity contribution in [1.82, 2.24) is 4.90 Å². The Kier molecular flexibility index (Phi) is 6.16. The van der Waals surface area contributed by atoms with E-state index in [4.69, 9.17) is 5.11 Å². The molecular formula is C14H25NO3. The second-order valence-corrected chi connectivity index (χ2v) is 5.71. The first kappa shape index (κ1) is 15.0. The summed E-state index contributed by atoms with van der Waals surface area (Å²) in [7, 11) is 0. The highest BCUT2D eigenvalue weighted by Crippen LogP contribution is 2.30. The van der Waals surface area contributed by atoms with Gasteiger partial charge in [-0.2, -0.15) is 0 Å². The fraction of sp³-hybridized carbons (Fsp3) is 0.857. The third-order valence-corrected chi connectivity index (χ3v) is 3.53. The van der Waals surface area contributed by atoms with Gasteiger partial charge >= 0.3 is 5.97 Å². The second-order valence-electron chi connectivity index (χ2n) is 5.71. The third kappa shape index (κ3) is 5.52. The zero-order valence-electron chi connectivity index (χ0n) is 11.5. The normalized spacial score (nSPS) is 15.5. The Labute approximate surface area is 109 Å². The van der Waals surface area contributed by atoms with Crippen LogP contribution in [0, 0.1) is 11.8 Å². The molecule has 0 aromatic heterocycles. The number of amides is 1. The quantitative estimate of drug-likeness (QED) is 0.725. The van der Waals surface area contributed by atoms with Crippen LogP contribution in [0.15, 0.2) is 0 Å². The summed E-state index contributed by atoms with van der Waals surface area (Å²) in [5, 5.41) is 8.71. The van der Waals surface area contributed by atoms with Crippen LogP contribution in [0.2, 0.25) is 0 Å². The maximum atomic E-state index is 12.1. The minimum absolute atomic E-state index is 0.0435. The molecule has 0 aromatic carbocycles. The number of hydrogen-bond donors (Lipinski definition) is 1. The van der Waals surface area contributed by atoms with Gasteiger partial charge in [0.1, 0.15) is 0 Å². The van der Waals surface area contributed by atoms with Crippen LogP contribution in [-0.4, -0.2) is 35.0 Å². The average Bonchev–Trinajstić information content (AvgIpc) is 2.21. The molecule has 0 unspecified atom stereocenters. The molecule has 104 valence electrons. The van der Waals surface area contributed by atoms with Crippen molar-refractivity contribution >= 4 is 11.9 Å². The first-order chi connectivity index (χ1) is 8.49. The fourth-order valence-electron chi connectivity index (χ4n) is 2.26. The molecule has 18 heavy (non-hydrogen) atoms. The van der Waals surface area contributed by atoms with E-state index >= 15 is 0 Å². The highest BCUT2D eigenvalue weighted by molar-refractivity contribution is 5.77. The minimum atomic E-state index is -0.837. The largest absolute Gasteiger partial charge is 0.481 e. The lowest BCUT2D eigenvalue weighted by atomic mass is 9.82. The van der Waals surface area contributed by atoms with Gasteiger partial charge in [-0.15, -0.1) is 0 Å². The Bertz CT molecular complexity index is 285. The SMILES string of the molecule is CC(C)CN(CCC(=O)O)C(=O)CCC1CCC1. The van der Waals surface area contributed by atoms with Gasteiger partial charge < -0.3 is 10.0 Å². The highest BCUT2D eigenvalue weighted by atomic mass is 16.4. The summed E-state index contributed by atoms with van der Waals surface area (Å²) < 4.78 is 0. The molecule has 1 amide bonds. The van der Waals surface area contributed by atoms with E-state index in [0.717, 1.165) is 12.3 Å². The van der Waals surface area contributed by atoms with Gasteiger partial charge in [0.2, 0.25) is 5.91 Å². The summed E-state index contributed by atoms with van der Waals surface area (Å²) in [5.41, 5.74) is 0. The Balaban J connectivity index is 2.35. The summed E-state index contributed by atoms with van der Waals surface area (Å²) in [6, 6.07) is 0. The Morgan fingerprint density at radius 2 is 1.94 bits per heavy atom. The Morgan fingerprint density at radius 1 is 1.28 bits per heavy atom. The topological polar surface area (TPSA) is 57.6 Å². The van der Waals surface area contributed by atoms with Gasteiger partial charge in [-0.25, -0.2) is 0 Å². The lowest BCUT2D eigenvalue weighted by Gasteiger charge is -2.28. The van der Waals surface area contributed by atoms with Gasteiger partial charge in [-0.05, 0) is 18.3 Å². The molecule has 4 nitrogen and oxygen atoms in total. The number of nitrogens with zero attached hydrogens (tertiary/aromatic N) is 1. The van der Waals surface area contributed by atoms with Crippen LogP contribution < -0.4 is 0 Å². The summed E-state index contributed by atoms with van der Waals surface area (Å²) in [5.74, 6) is 0.396. The van der Waals surface area contributed by atoms with Crippen LogP contribution in [0.1, 0.15) is 52.4 Å². The number of carbonyl (C=O) groups excluding carboxylic acids is 1. The summed E-state index contributed by atoms with van der Waals surface area (Å²) in [6.07, 6.45) is 5.41. The molecule has 1 saturated carbocycles. The number of rotatable bonds is 8. The van der Waals surface area contributed by atoms with Gasteiger partial charge in [0.25, 0.3) is 0 Å². The van der Waals surface area contributed by atoms with E-state index in [-0.39, 0.29) is 12.3 Å². The molecule has 4 heteroatoms. The minimum Gasteiger partial charge on any atom is -0.481 e. The molecule has 0 atom stereocenters. The van der Waals surface area contributed by atoms with Gasteiger partial charge in [0, 0.05) is 19.5 Å². The molecule has 1 rings (SSSR count). The average molecular weight is 255 g/mol. The van der Waals surface area contributed by atoms with E-state index in [1.807, 2.05) is 13.8 Å². The van der Waals surface area contributed by atoms with Gasteiger partial charge in [0.05, 0.1) is 6.42 Å². The molecule has 1 aliphatic rings. The van der Waals surface area contributed by atoms with E-state index in [1.54, 1.807) is 4.90 Å². The zero-order valence-corrected chi connectivity index (χ0v) is 11.5. The van der Waals surface area contributed by atoms with Gasteiger partial charge in [-0.3, -0.25) is 9.59 Å². The molecule has 0 radical (unpaired) electrons. The standard InChI is InChI=1S/C14H25NO3/c1-11(2)10-15(9-8-14(17)18)13(16)7-6-12-4-3-5-12/h11-12H,3-10H2,1-2H3,(H,17,18). The van der Waals surface area contributed by atoms with Crippen LogP contribution in [0.25, 0.3) is 0 Å². The predicted octanol–water partition coefficient (Wildman–Crippen LogP) is 2.53. The van der Waals surface area contributed by atoms with Crippen molar-refractivity contribution in [1.29, 1.82) is 0 Å². The van der Waals surface area contributed by atoms with Crippen LogP contribution in [-0.2, 0) is 9.59 Å². The van der Waals surface area contributed by atoms with Crippen molar-refractivity contribution < 1.29 is 14.7 Å². The van der Waals surface area contributed by atoms with Crippen LogP contribution in [0.4, 0.5) is 0 Å². The molecule has 1 fully saturated rings. The van der Waals surface area contributed by atoms with Crippen molar-refractivity contribution in [2.45, 2.75) is 52.4 Å². The lowest BCUT2D eigenvalue weighted by Crippen LogP contribution is -2.36. The Morgan fingerprint density at radius 3 is 2.39 bits per heavy atom. The lowest BCUT2D eigenvalue weighted by molar-refractivity contribution is -0.138. The van der Waals surface area contributed by atoms with Gasteiger partial charge in [-0.1, -0.05) is 33.1 Å². The second kappa shape index (κ2) is 7.39. The van der Waals surface area contributed by atoms with E-state index in [2.05, 4.69) is 0 Å². The van der Waals surface area contributed by atoms with Crippen molar-refractivity contribution in [3.05, 3.63) is 0 Å². The van der Waals surface area contributed by atoms with E-state index in [0.29, 0.717) is 25.4 Å². The number of aliphatic carboxylic acids is 1. The molecule has 1 N–H and O–H groups in total. The predicted molar refractivity (Wildman–Crippen MR) is 70.2 cm³/mol. The molecule has 0 heterocycles. The number of carboxylic acids is 1. The summed E-state index contributed by atoms with van der Waals surface area (Å²) in [4.78, 5) is 24.4. The zero-order chi connectivity index (χ0) is 13.5. The van der Waals surface area contributed by atoms with E-state index in [9.17, 15) is 9.59 Å². The molecule has 1 aliphatic carbocycles. The molecular weight excluding hydrogens is 230 g/mol. The monoisotopic (exact) mass is 255 g/mol. The molecule has 0 aliphatic heterocycles. The van der Waals surface area contributed by atoms with Crippen LogP contribution in [0.3, 0.4) is 0 Å². The van der Waals surface area contributed by atoms with Gasteiger partial charge in [0.15, 0.2) is 0 Å². The van der Waals surface area contributed by atoms with Crippen molar-refractivity contribution in [2.75, 3.05) is 13.1 Å². The highest BCUT2D eigenvalue weighted by Gasteiger charge is 2.21. The molecule has 0 saturated heterocycles. The molecule has 0 bridgehead atoms. The third-order valence-electron chi connectivity index (χ3n) is 3.53. The number of carboxylic acid groups (broad SMARTS) is 1. The van der Waals surface area contributed by atoms with E-state index < -0.39 is 5.97 Å². The van der Waals surface area contributed by atoms with Crippen LogP contribution in [0.5, 0.6) is 0 Å². The summed E-state index contributed by atoms with van der Waals surface area (Å²) in [6.45, 7) is 5.10. The van der Waals surface area contributed by atoms with Crippen molar-refractivity contribution in [3.63, 3.8) is 0 Å². The molecule has 0 aromatic rings. The maximum absolute atomic E-state index is 12.1. The first-order valence-corrected chi connectivity index (χ1v) is 6.98. The van der Waals surface area contributed by atoms with Crippen molar-refractivity contribution in [3.8, 4) is 0 Å². The van der Waals surface area contributed by atoms with Crippen molar-refractivity contribution in [2.24, 2.45) is 11.8 Å². The summed E-state index contributed by atoms with van der Waals surface area (Å²) >= 11 is 0. The fourth-order valence-corrected chi connectivity index (χ4v) is 2.26. The Hall–Kier alpha value is -1.06. The first-order valence-electron chi connectivity index (χ1n) is 6.98. The molecule has 0 spiro atoms. The van der Waals surface area contributed by atoms with E-state index in [1.165, 1.54) is 19.3 Å².